The molecule has 2 N–H and O–H groups in total. The summed E-state index contributed by atoms with van der Waals surface area (Å²) in [5, 5.41) is 8.74. The molecule has 0 unspecified atom stereocenters. The van der Waals surface area contributed by atoms with E-state index in [-0.39, 0.29) is 24.0 Å². The Morgan fingerprint density at radius 3 is 2.74 bits per heavy atom. The fourth-order valence-corrected chi connectivity index (χ4v) is 3.47. The van der Waals surface area contributed by atoms with Gasteiger partial charge < -0.3 is 10.1 Å². The van der Waals surface area contributed by atoms with E-state index in [0.29, 0.717) is 12.2 Å². The second-order valence-electron chi connectivity index (χ2n) is 4.54. The summed E-state index contributed by atoms with van der Waals surface area (Å²) in [5.41, 5.74) is 0. The maximum atomic E-state index is 12.4. The number of aryl methyl sites for hydroxylation is 1. The minimum Gasteiger partial charge on any atom is -0.481 e. The van der Waals surface area contributed by atoms with Gasteiger partial charge in [-0.3, -0.25) is 4.79 Å². The van der Waals surface area contributed by atoms with E-state index in [2.05, 4.69) is 9.97 Å². The molecule has 106 valence electrons. The van der Waals surface area contributed by atoms with Gasteiger partial charge in [-0.05, 0) is 12.8 Å². The smallest absolute Gasteiger partial charge is 0.304 e. The average molecular weight is 287 g/mol. The first-order chi connectivity index (χ1) is 8.95. The van der Waals surface area contributed by atoms with E-state index in [1.165, 1.54) is 10.5 Å². The van der Waals surface area contributed by atoms with Crippen molar-refractivity contribution in [1.29, 1.82) is 0 Å². The largest absolute Gasteiger partial charge is 0.481 e. The number of nitrogens with one attached hydrogen (secondary N) is 1. The van der Waals surface area contributed by atoms with Crippen molar-refractivity contribution in [2.45, 2.75) is 43.7 Å². The summed E-state index contributed by atoms with van der Waals surface area (Å²) >= 11 is 0. The fraction of sp³-hybridized carbons (Fsp3) is 0.636. The van der Waals surface area contributed by atoms with Crippen molar-refractivity contribution in [3.63, 3.8) is 0 Å². The lowest BCUT2D eigenvalue weighted by atomic mass is 10.4. The molecule has 0 aliphatic heterocycles. The number of carboxylic acid groups (broad SMARTS) is 1. The third-order valence-corrected chi connectivity index (χ3v) is 4.89. The van der Waals surface area contributed by atoms with Gasteiger partial charge in [-0.1, -0.05) is 6.92 Å². The molecule has 0 amide bonds. The number of hydrogen-bond acceptors (Lipinski definition) is 4. The van der Waals surface area contributed by atoms with E-state index >= 15 is 0 Å². The number of nitrogens with zero attached hydrogens (tertiary/aromatic N) is 2. The van der Waals surface area contributed by atoms with Gasteiger partial charge in [0.05, 0.1) is 12.6 Å². The Kier molecular flexibility index (Phi) is 3.91. The number of carboxylic acids is 1. The molecule has 1 aliphatic rings. The lowest BCUT2D eigenvalue weighted by Crippen LogP contribution is -2.35. The summed E-state index contributed by atoms with van der Waals surface area (Å²) in [6, 6.07) is -0.0715. The Bertz CT molecular complexity index is 562. The van der Waals surface area contributed by atoms with Crippen molar-refractivity contribution in [3.05, 3.63) is 12.0 Å². The first-order valence-corrected chi connectivity index (χ1v) is 7.66. The molecule has 1 aromatic rings. The van der Waals surface area contributed by atoms with Crippen molar-refractivity contribution in [2.75, 3.05) is 6.54 Å². The molecular weight excluding hydrogens is 270 g/mol. The summed E-state index contributed by atoms with van der Waals surface area (Å²) in [7, 11) is -3.67. The first kappa shape index (κ1) is 14.0. The van der Waals surface area contributed by atoms with Gasteiger partial charge in [-0.15, -0.1) is 0 Å². The van der Waals surface area contributed by atoms with Gasteiger partial charge in [0.2, 0.25) is 0 Å². The van der Waals surface area contributed by atoms with Crippen LogP contribution in [0.2, 0.25) is 0 Å². The number of hydrogen-bond donors (Lipinski definition) is 2. The molecule has 0 bridgehead atoms. The van der Waals surface area contributed by atoms with Crippen LogP contribution in [0.4, 0.5) is 0 Å². The summed E-state index contributed by atoms with van der Waals surface area (Å²) in [5.74, 6) is -0.396. The predicted molar refractivity (Wildman–Crippen MR) is 67.1 cm³/mol. The number of H-pyrrole nitrogens is 1. The van der Waals surface area contributed by atoms with E-state index in [4.69, 9.17) is 5.11 Å². The monoisotopic (exact) mass is 287 g/mol. The topological polar surface area (TPSA) is 103 Å². The molecule has 1 aliphatic carbocycles. The van der Waals surface area contributed by atoms with Crippen molar-refractivity contribution in [1.82, 2.24) is 14.3 Å². The molecule has 0 saturated heterocycles. The number of carbonyl (C=O) groups is 1. The minimum atomic E-state index is -3.67. The number of aliphatic carboxylic acids is 1. The van der Waals surface area contributed by atoms with Crippen LogP contribution in [0.5, 0.6) is 0 Å². The Morgan fingerprint density at radius 2 is 2.26 bits per heavy atom. The maximum absolute atomic E-state index is 12.4. The average Bonchev–Trinajstić information content (AvgIpc) is 3.05. The van der Waals surface area contributed by atoms with Crippen LogP contribution in [0.3, 0.4) is 0 Å². The van der Waals surface area contributed by atoms with Crippen LogP contribution < -0.4 is 0 Å². The zero-order valence-corrected chi connectivity index (χ0v) is 11.5. The summed E-state index contributed by atoms with van der Waals surface area (Å²) < 4.78 is 26.1. The van der Waals surface area contributed by atoms with Crippen molar-refractivity contribution in [3.8, 4) is 0 Å². The van der Waals surface area contributed by atoms with Gasteiger partial charge in [-0.2, -0.15) is 4.31 Å². The van der Waals surface area contributed by atoms with Gasteiger partial charge in [-0.25, -0.2) is 13.4 Å². The van der Waals surface area contributed by atoms with E-state index < -0.39 is 16.0 Å². The molecule has 0 spiro atoms. The quantitative estimate of drug-likeness (QED) is 0.764. The Labute approximate surface area is 111 Å². The van der Waals surface area contributed by atoms with Crippen LogP contribution in [-0.2, 0) is 21.2 Å². The predicted octanol–water partition coefficient (Wildman–Crippen LogP) is 0.600. The molecule has 1 heterocycles. The second-order valence-corrected chi connectivity index (χ2v) is 6.40. The lowest BCUT2D eigenvalue weighted by Gasteiger charge is -2.19. The molecule has 0 aromatic carbocycles. The highest BCUT2D eigenvalue weighted by Gasteiger charge is 2.38. The summed E-state index contributed by atoms with van der Waals surface area (Å²) in [6.07, 6.45) is 3.30. The van der Waals surface area contributed by atoms with Crippen molar-refractivity contribution >= 4 is 16.0 Å². The van der Waals surface area contributed by atoms with E-state index in [1.807, 2.05) is 6.92 Å². The third-order valence-electron chi connectivity index (χ3n) is 3.03. The lowest BCUT2D eigenvalue weighted by molar-refractivity contribution is -0.137. The van der Waals surface area contributed by atoms with Crippen molar-refractivity contribution in [2.24, 2.45) is 0 Å². The number of rotatable bonds is 7. The minimum absolute atomic E-state index is 0.00279. The zero-order valence-electron chi connectivity index (χ0n) is 10.7. The summed E-state index contributed by atoms with van der Waals surface area (Å²) in [4.78, 5) is 17.4. The number of aromatic nitrogens is 2. The van der Waals surface area contributed by atoms with Crippen LogP contribution in [0.25, 0.3) is 0 Å². The van der Waals surface area contributed by atoms with E-state index in [0.717, 1.165) is 12.8 Å². The molecule has 19 heavy (non-hydrogen) atoms. The highest BCUT2D eigenvalue weighted by atomic mass is 32.2. The highest BCUT2D eigenvalue weighted by molar-refractivity contribution is 7.89. The number of sulfonamides is 1. The van der Waals surface area contributed by atoms with Crippen LogP contribution >= 0.6 is 0 Å². The normalized spacial score (nSPS) is 15.9. The van der Waals surface area contributed by atoms with Gasteiger partial charge in [0.1, 0.15) is 5.82 Å². The molecule has 8 heteroatoms. The maximum Gasteiger partial charge on any atom is 0.304 e. The summed E-state index contributed by atoms with van der Waals surface area (Å²) in [6.45, 7) is 1.88. The van der Waals surface area contributed by atoms with Crippen LogP contribution in [-0.4, -0.2) is 46.4 Å². The Balaban J connectivity index is 2.21. The SMILES string of the molecule is CCc1ncc(S(=O)(=O)N(CCC(=O)O)C2CC2)[nH]1. The zero-order chi connectivity index (χ0) is 14.0. The van der Waals surface area contributed by atoms with Crippen LogP contribution in [0.1, 0.15) is 32.0 Å². The standard InChI is InChI=1S/C11H17N3O4S/c1-2-9-12-7-10(13-9)19(17,18)14(8-3-4-8)6-5-11(15)16/h7-8H,2-6H2,1H3,(H,12,13)(H,15,16). The molecule has 0 atom stereocenters. The molecule has 1 aromatic heterocycles. The van der Waals surface area contributed by atoms with Crippen molar-refractivity contribution < 1.29 is 18.3 Å². The van der Waals surface area contributed by atoms with Crippen LogP contribution in [0.15, 0.2) is 11.2 Å². The molecule has 2 rings (SSSR count). The Morgan fingerprint density at radius 1 is 1.58 bits per heavy atom. The fourth-order valence-electron chi connectivity index (χ4n) is 1.85. The Hall–Kier alpha value is -1.41. The van der Waals surface area contributed by atoms with E-state index in [1.54, 1.807) is 0 Å². The second kappa shape index (κ2) is 5.30. The van der Waals surface area contributed by atoms with Gasteiger partial charge in [0.25, 0.3) is 10.0 Å². The molecule has 1 saturated carbocycles. The van der Waals surface area contributed by atoms with Gasteiger partial charge >= 0.3 is 5.97 Å². The van der Waals surface area contributed by atoms with Crippen LogP contribution in [0, 0.1) is 0 Å². The molecular formula is C11H17N3O4S. The molecule has 7 nitrogen and oxygen atoms in total. The number of aromatic amines is 1. The van der Waals surface area contributed by atoms with Gasteiger partial charge in [0, 0.05) is 19.0 Å². The number of imidazole rings is 1. The third kappa shape index (κ3) is 3.13. The highest BCUT2D eigenvalue weighted by Crippen LogP contribution is 2.31. The van der Waals surface area contributed by atoms with Gasteiger partial charge in [0.15, 0.2) is 5.03 Å². The molecule has 0 radical (unpaired) electrons. The van der Waals surface area contributed by atoms with E-state index in [9.17, 15) is 13.2 Å². The molecule has 1 fully saturated rings. The first-order valence-electron chi connectivity index (χ1n) is 6.22.